The lowest BCUT2D eigenvalue weighted by Crippen LogP contribution is -2.04. The van der Waals surface area contributed by atoms with E-state index in [2.05, 4.69) is 15.3 Å². The summed E-state index contributed by atoms with van der Waals surface area (Å²) >= 11 is 0. The van der Waals surface area contributed by atoms with Crippen LogP contribution in [-0.4, -0.2) is 32.2 Å². The number of carboxylic acid groups (broad SMARTS) is 1. The maximum absolute atomic E-state index is 10.4. The van der Waals surface area contributed by atoms with Crippen molar-refractivity contribution in [2.24, 2.45) is 7.05 Å². The average Bonchev–Trinajstić information content (AvgIpc) is 2.76. The van der Waals surface area contributed by atoms with Crippen LogP contribution in [0.1, 0.15) is 25.7 Å². The summed E-state index contributed by atoms with van der Waals surface area (Å²) in [5.41, 5.74) is 1.92. The van der Waals surface area contributed by atoms with Gasteiger partial charge in [-0.2, -0.15) is 0 Å². The molecule has 102 valence electrons. The van der Waals surface area contributed by atoms with Crippen LogP contribution in [0.15, 0.2) is 18.6 Å². The van der Waals surface area contributed by atoms with Crippen molar-refractivity contribution in [2.45, 2.75) is 25.7 Å². The summed E-state index contributed by atoms with van der Waals surface area (Å²) in [6.45, 7) is 0.780. The highest BCUT2D eigenvalue weighted by molar-refractivity contribution is 5.85. The topological polar surface area (TPSA) is 80.0 Å². The quantitative estimate of drug-likeness (QED) is 0.746. The SMILES string of the molecule is Cn1cnc2c(NCCCCCC(=O)O)nccc21. The van der Waals surface area contributed by atoms with E-state index in [1.165, 1.54) is 0 Å². The van der Waals surface area contributed by atoms with Crippen LogP contribution in [0, 0.1) is 0 Å². The van der Waals surface area contributed by atoms with Crippen LogP contribution in [0.25, 0.3) is 11.0 Å². The minimum atomic E-state index is -0.729. The number of carboxylic acids is 1. The number of carbonyl (C=O) groups is 1. The molecule has 2 heterocycles. The highest BCUT2D eigenvalue weighted by Gasteiger charge is 2.05. The molecular formula is C13H18N4O2. The molecule has 0 aliphatic heterocycles. The van der Waals surface area contributed by atoms with E-state index in [4.69, 9.17) is 5.11 Å². The second-order valence-electron chi connectivity index (χ2n) is 4.51. The van der Waals surface area contributed by atoms with Crippen LogP contribution in [-0.2, 0) is 11.8 Å². The zero-order valence-electron chi connectivity index (χ0n) is 11.0. The van der Waals surface area contributed by atoms with Crippen molar-refractivity contribution in [3.8, 4) is 0 Å². The summed E-state index contributed by atoms with van der Waals surface area (Å²) in [5.74, 6) is 0.0595. The fourth-order valence-electron chi connectivity index (χ4n) is 1.98. The van der Waals surface area contributed by atoms with Crippen LogP contribution in [0.3, 0.4) is 0 Å². The highest BCUT2D eigenvalue weighted by Crippen LogP contribution is 2.18. The molecule has 6 nitrogen and oxygen atoms in total. The third-order valence-electron chi connectivity index (χ3n) is 3.00. The smallest absolute Gasteiger partial charge is 0.303 e. The summed E-state index contributed by atoms with van der Waals surface area (Å²) in [6.07, 6.45) is 6.32. The van der Waals surface area contributed by atoms with Crippen molar-refractivity contribution < 1.29 is 9.90 Å². The zero-order valence-corrected chi connectivity index (χ0v) is 11.0. The molecule has 0 saturated carbocycles. The standard InChI is InChI=1S/C13H18N4O2/c1-17-9-16-12-10(17)6-8-15-13(12)14-7-4-2-3-5-11(18)19/h6,8-9H,2-5,7H2,1H3,(H,14,15)(H,18,19). The van der Waals surface area contributed by atoms with Gasteiger partial charge in [-0.25, -0.2) is 9.97 Å². The highest BCUT2D eigenvalue weighted by atomic mass is 16.4. The minimum absolute atomic E-state index is 0.244. The predicted octanol–water partition coefficient (Wildman–Crippen LogP) is 2.03. The van der Waals surface area contributed by atoms with Gasteiger partial charge >= 0.3 is 5.97 Å². The lowest BCUT2D eigenvalue weighted by Gasteiger charge is -2.05. The lowest BCUT2D eigenvalue weighted by molar-refractivity contribution is -0.137. The summed E-state index contributed by atoms with van der Waals surface area (Å²) in [4.78, 5) is 19.0. The molecule has 0 amide bonds. The van der Waals surface area contributed by atoms with Crippen molar-refractivity contribution in [3.63, 3.8) is 0 Å². The van der Waals surface area contributed by atoms with E-state index < -0.39 is 5.97 Å². The molecule has 0 saturated heterocycles. The van der Waals surface area contributed by atoms with Gasteiger partial charge in [0.25, 0.3) is 0 Å². The number of aromatic nitrogens is 3. The van der Waals surface area contributed by atoms with Gasteiger partial charge in [0.15, 0.2) is 5.82 Å². The first-order valence-electron chi connectivity index (χ1n) is 6.40. The molecule has 2 aromatic rings. The molecule has 0 radical (unpaired) electrons. The molecule has 0 spiro atoms. The fraction of sp³-hybridized carbons (Fsp3) is 0.462. The molecule has 19 heavy (non-hydrogen) atoms. The van der Waals surface area contributed by atoms with Gasteiger partial charge in [0.1, 0.15) is 5.52 Å². The number of anilines is 1. The molecule has 0 atom stereocenters. The van der Waals surface area contributed by atoms with E-state index in [9.17, 15) is 4.79 Å². The first-order valence-corrected chi connectivity index (χ1v) is 6.40. The number of unbranched alkanes of at least 4 members (excludes halogenated alkanes) is 2. The summed E-state index contributed by atoms with van der Waals surface area (Å²) in [6, 6.07) is 1.93. The molecule has 2 N–H and O–H groups in total. The van der Waals surface area contributed by atoms with Gasteiger partial charge in [0.2, 0.25) is 0 Å². The number of imidazole rings is 1. The number of hydrogen-bond acceptors (Lipinski definition) is 4. The van der Waals surface area contributed by atoms with Crippen molar-refractivity contribution in [1.29, 1.82) is 0 Å². The van der Waals surface area contributed by atoms with Gasteiger partial charge in [-0.15, -0.1) is 0 Å². The van der Waals surface area contributed by atoms with Gasteiger partial charge < -0.3 is 15.0 Å². The normalized spacial score (nSPS) is 10.8. The molecular weight excluding hydrogens is 244 g/mol. The number of fused-ring (bicyclic) bond motifs is 1. The second kappa shape index (κ2) is 6.17. The van der Waals surface area contributed by atoms with Gasteiger partial charge in [-0.05, 0) is 18.9 Å². The summed E-state index contributed by atoms with van der Waals surface area (Å²) in [7, 11) is 1.95. The molecule has 0 fully saturated rings. The molecule has 2 aromatic heterocycles. The van der Waals surface area contributed by atoms with E-state index >= 15 is 0 Å². The summed E-state index contributed by atoms with van der Waals surface area (Å²) < 4.78 is 1.95. The number of hydrogen-bond donors (Lipinski definition) is 2. The van der Waals surface area contributed by atoms with E-state index in [0.717, 1.165) is 42.7 Å². The van der Waals surface area contributed by atoms with E-state index in [1.807, 2.05) is 17.7 Å². The Hall–Kier alpha value is -2.11. The Morgan fingerprint density at radius 2 is 2.21 bits per heavy atom. The third kappa shape index (κ3) is 3.43. The van der Waals surface area contributed by atoms with Gasteiger partial charge in [0.05, 0.1) is 11.8 Å². The second-order valence-corrected chi connectivity index (χ2v) is 4.51. The largest absolute Gasteiger partial charge is 0.481 e. The lowest BCUT2D eigenvalue weighted by atomic mass is 10.2. The van der Waals surface area contributed by atoms with Crippen molar-refractivity contribution in [3.05, 3.63) is 18.6 Å². The Balaban J connectivity index is 1.83. The van der Waals surface area contributed by atoms with Gasteiger partial charge in [-0.1, -0.05) is 6.42 Å². The Morgan fingerprint density at radius 1 is 1.37 bits per heavy atom. The van der Waals surface area contributed by atoms with Crippen LogP contribution in [0.5, 0.6) is 0 Å². The van der Waals surface area contributed by atoms with Crippen molar-refractivity contribution >= 4 is 22.8 Å². The number of nitrogens with zero attached hydrogens (tertiary/aromatic N) is 3. The van der Waals surface area contributed by atoms with E-state index in [0.29, 0.717) is 0 Å². The van der Waals surface area contributed by atoms with Crippen LogP contribution < -0.4 is 5.32 Å². The Kier molecular flexibility index (Phi) is 4.33. The number of aryl methyl sites for hydroxylation is 1. The third-order valence-corrected chi connectivity index (χ3v) is 3.00. The van der Waals surface area contributed by atoms with Crippen LogP contribution in [0.2, 0.25) is 0 Å². The number of aliphatic carboxylic acids is 1. The molecule has 2 rings (SSSR count). The maximum Gasteiger partial charge on any atom is 0.303 e. The fourth-order valence-corrected chi connectivity index (χ4v) is 1.98. The number of rotatable bonds is 7. The van der Waals surface area contributed by atoms with Crippen molar-refractivity contribution in [2.75, 3.05) is 11.9 Å². The van der Waals surface area contributed by atoms with Gasteiger partial charge in [0, 0.05) is 26.2 Å². The number of pyridine rings is 1. The summed E-state index contributed by atoms with van der Waals surface area (Å²) in [5, 5.41) is 11.8. The average molecular weight is 262 g/mol. The molecule has 0 aliphatic carbocycles. The molecule has 0 aliphatic rings. The zero-order chi connectivity index (χ0) is 13.7. The van der Waals surface area contributed by atoms with E-state index in [1.54, 1.807) is 12.5 Å². The maximum atomic E-state index is 10.4. The Morgan fingerprint density at radius 3 is 3.00 bits per heavy atom. The minimum Gasteiger partial charge on any atom is -0.481 e. The predicted molar refractivity (Wildman–Crippen MR) is 73.1 cm³/mol. The molecule has 0 aromatic carbocycles. The molecule has 0 bridgehead atoms. The first-order chi connectivity index (χ1) is 9.18. The monoisotopic (exact) mass is 262 g/mol. The van der Waals surface area contributed by atoms with Crippen LogP contribution >= 0.6 is 0 Å². The molecule has 0 unspecified atom stereocenters. The van der Waals surface area contributed by atoms with Gasteiger partial charge in [-0.3, -0.25) is 4.79 Å². The van der Waals surface area contributed by atoms with Crippen LogP contribution in [0.4, 0.5) is 5.82 Å². The number of nitrogens with one attached hydrogen (secondary N) is 1. The Bertz CT molecular complexity index is 565. The first kappa shape index (κ1) is 13.3. The Labute approximate surface area is 111 Å². The van der Waals surface area contributed by atoms with E-state index in [-0.39, 0.29) is 6.42 Å². The molecule has 6 heteroatoms. The van der Waals surface area contributed by atoms with Crippen molar-refractivity contribution in [1.82, 2.24) is 14.5 Å².